The van der Waals surface area contributed by atoms with Crippen molar-refractivity contribution in [2.24, 2.45) is 0 Å². The predicted molar refractivity (Wildman–Crippen MR) is 98.7 cm³/mol. The van der Waals surface area contributed by atoms with Crippen LogP contribution in [0.4, 0.5) is 0 Å². The van der Waals surface area contributed by atoms with Crippen LogP contribution in [-0.4, -0.2) is 15.0 Å². The van der Waals surface area contributed by atoms with Gasteiger partial charge in [0.15, 0.2) is 5.82 Å². The molecule has 1 N–H and O–H groups in total. The number of benzene rings is 1. The number of rotatable bonds is 2. The summed E-state index contributed by atoms with van der Waals surface area (Å²) in [5.74, 6) is 0.476. The quantitative estimate of drug-likeness (QED) is 0.569. The minimum Gasteiger partial charge on any atom is -0.305 e. The third-order valence-electron chi connectivity index (χ3n) is 3.74. The van der Waals surface area contributed by atoms with Crippen molar-refractivity contribution in [1.29, 1.82) is 0 Å². The molecule has 0 saturated heterocycles. The Balaban J connectivity index is 1.94. The average Bonchev–Trinajstić information content (AvgIpc) is 3.00. The van der Waals surface area contributed by atoms with Crippen molar-refractivity contribution in [2.75, 3.05) is 0 Å². The number of nitrogens with zero attached hydrogens (tertiary/aromatic N) is 2. The zero-order valence-corrected chi connectivity index (χ0v) is 14.3. The summed E-state index contributed by atoms with van der Waals surface area (Å²) >= 11 is 7.70. The fourth-order valence-corrected chi connectivity index (χ4v) is 3.80. The van der Waals surface area contributed by atoms with Crippen LogP contribution in [0, 0.1) is 6.92 Å². The summed E-state index contributed by atoms with van der Waals surface area (Å²) in [6.45, 7) is 1.90. The minimum atomic E-state index is -0.186. The molecule has 0 aliphatic rings. The SMILES string of the molecule is Cc1cccc(-c2nc3scc(-c4ccccc4Cl)c3c(=O)[nH]2)n1. The first-order chi connectivity index (χ1) is 11.6. The van der Waals surface area contributed by atoms with Crippen LogP contribution in [0.3, 0.4) is 0 Å². The Morgan fingerprint density at radius 1 is 1.04 bits per heavy atom. The lowest BCUT2D eigenvalue weighted by atomic mass is 10.1. The molecule has 4 aromatic rings. The van der Waals surface area contributed by atoms with Crippen molar-refractivity contribution in [3.05, 3.63) is 68.9 Å². The van der Waals surface area contributed by atoms with Gasteiger partial charge in [-0.25, -0.2) is 9.97 Å². The molecule has 1 aromatic carbocycles. The second-order valence-corrected chi connectivity index (χ2v) is 6.65. The number of fused-ring (bicyclic) bond motifs is 1. The van der Waals surface area contributed by atoms with E-state index in [-0.39, 0.29) is 5.56 Å². The van der Waals surface area contributed by atoms with E-state index in [0.717, 1.165) is 16.8 Å². The number of thiophene rings is 1. The highest BCUT2D eigenvalue weighted by Crippen LogP contribution is 2.35. The van der Waals surface area contributed by atoms with Crippen LogP contribution in [0.2, 0.25) is 5.02 Å². The van der Waals surface area contributed by atoms with E-state index in [4.69, 9.17) is 11.6 Å². The van der Waals surface area contributed by atoms with Crippen molar-refractivity contribution in [2.45, 2.75) is 6.92 Å². The Labute approximate surface area is 146 Å². The third kappa shape index (κ3) is 2.52. The molecule has 0 aliphatic carbocycles. The van der Waals surface area contributed by atoms with Crippen LogP contribution in [0.1, 0.15) is 5.69 Å². The van der Waals surface area contributed by atoms with Gasteiger partial charge < -0.3 is 4.98 Å². The minimum absolute atomic E-state index is 0.186. The van der Waals surface area contributed by atoms with E-state index >= 15 is 0 Å². The predicted octanol–water partition coefficient (Wildman–Crippen LogP) is 4.68. The zero-order chi connectivity index (χ0) is 16.7. The summed E-state index contributed by atoms with van der Waals surface area (Å²) in [4.78, 5) is 25.2. The fraction of sp³-hybridized carbons (Fsp3) is 0.0556. The summed E-state index contributed by atoms with van der Waals surface area (Å²) in [6.07, 6.45) is 0. The number of H-pyrrole nitrogens is 1. The van der Waals surface area contributed by atoms with Gasteiger partial charge >= 0.3 is 0 Å². The van der Waals surface area contributed by atoms with Crippen LogP contribution in [0.25, 0.3) is 32.9 Å². The van der Waals surface area contributed by atoms with Crippen molar-refractivity contribution in [3.63, 3.8) is 0 Å². The second-order valence-electron chi connectivity index (χ2n) is 5.39. The van der Waals surface area contributed by atoms with E-state index in [1.807, 2.05) is 54.8 Å². The molecular formula is C18H12ClN3OS. The van der Waals surface area contributed by atoms with Gasteiger partial charge in [-0.3, -0.25) is 4.79 Å². The number of nitrogens with one attached hydrogen (secondary N) is 1. The van der Waals surface area contributed by atoms with Crippen LogP contribution < -0.4 is 5.56 Å². The number of aryl methyl sites for hydroxylation is 1. The Bertz CT molecular complexity index is 1120. The van der Waals surface area contributed by atoms with Crippen LogP contribution >= 0.6 is 22.9 Å². The maximum Gasteiger partial charge on any atom is 0.260 e. The van der Waals surface area contributed by atoms with E-state index in [1.54, 1.807) is 0 Å². The molecule has 24 heavy (non-hydrogen) atoms. The Morgan fingerprint density at radius 3 is 2.67 bits per heavy atom. The van der Waals surface area contributed by atoms with Crippen LogP contribution in [0.15, 0.2) is 52.6 Å². The molecule has 0 bridgehead atoms. The molecule has 0 unspecified atom stereocenters. The molecule has 4 rings (SSSR count). The smallest absolute Gasteiger partial charge is 0.260 e. The van der Waals surface area contributed by atoms with Gasteiger partial charge in [0, 0.05) is 27.2 Å². The van der Waals surface area contributed by atoms with E-state index < -0.39 is 0 Å². The Morgan fingerprint density at radius 2 is 1.88 bits per heavy atom. The first-order valence-electron chi connectivity index (χ1n) is 7.34. The van der Waals surface area contributed by atoms with Crippen LogP contribution in [0.5, 0.6) is 0 Å². The van der Waals surface area contributed by atoms with E-state index in [0.29, 0.717) is 26.8 Å². The number of pyridine rings is 1. The molecule has 118 valence electrons. The number of aromatic nitrogens is 3. The van der Waals surface area contributed by atoms with E-state index in [2.05, 4.69) is 15.0 Å². The highest BCUT2D eigenvalue weighted by molar-refractivity contribution is 7.17. The Kier molecular flexibility index (Phi) is 3.67. The third-order valence-corrected chi connectivity index (χ3v) is 4.94. The number of aromatic amines is 1. The van der Waals surface area contributed by atoms with Gasteiger partial charge in [-0.1, -0.05) is 35.9 Å². The standard InChI is InChI=1S/C18H12ClN3OS/c1-10-5-4-8-14(20-10)16-21-17(23)15-12(9-24-18(15)22-16)11-6-2-3-7-13(11)19/h2-9H,1H3,(H,21,22,23). The zero-order valence-electron chi connectivity index (χ0n) is 12.7. The Hall–Kier alpha value is -2.50. The molecular weight excluding hydrogens is 342 g/mol. The number of halogens is 1. The molecule has 0 fully saturated rings. The number of hydrogen-bond acceptors (Lipinski definition) is 4. The second kappa shape index (κ2) is 5.85. The molecule has 6 heteroatoms. The molecule has 3 heterocycles. The highest BCUT2D eigenvalue weighted by Gasteiger charge is 2.15. The maximum absolute atomic E-state index is 12.7. The highest BCUT2D eigenvalue weighted by atomic mass is 35.5. The lowest BCUT2D eigenvalue weighted by Crippen LogP contribution is -2.09. The largest absolute Gasteiger partial charge is 0.305 e. The number of hydrogen-bond donors (Lipinski definition) is 1. The molecule has 3 aromatic heterocycles. The monoisotopic (exact) mass is 353 g/mol. The molecule has 0 radical (unpaired) electrons. The molecule has 0 saturated carbocycles. The molecule has 0 atom stereocenters. The van der Waals surface area contributed by atoms with E-state index in [9.17, 15) is 4.79 Å². The van der Waals surface area contributed by atoms with Gasteiger partial charge in [-0.2, -0.15) is 0 Å². The summed E-state index contributed by atoms with van der Waals surface area (Å²) in [5, 5.41) is 3.09. The van der Waals surface area contributed by atoms with E-state index in [1.165, 1.54) is 11.3 Å². The fourth-order valence-electron chi connectivity index (χ4n) is 2.62. The summed E-state index contributed by atoms with van der Waals surface area (Å²) < 4.78 is 0. The maximum atomic E-state index is 12.7. The van der Waals surface area contributed by atoms with Crippen molar-refractivity contribution in [3.8, 4) is 22.6 Å². The lowest BCUT2D eigenvalue weighted by Gasteiger charge is -2.04. The molecule has 0 spiro atoms. The first kappa shape index (κ1) is 15.1. The van der Waals surface area contributed by atoms with Crippen molar-refractivity contribution >= 4 is 33.2 Å². The normalized spacial score (nSPS) is 11.1. The first-order valence-corrected chi connectivity index (χ1v) is 8.60. The van der Waals surface area contributed by atoms with Crippen molar-refractivity contribution in [1.82, 2.24) is 15.0 Å². The molecule has 4 nitrogen and oxygen atoms in total. The molecule has 0 amide bonds. The van der Waals surface area contributed by atoms with Crippen molar-refractivity contribution < 1.29 is 0 Å². The van der Waals surface area contributed by atoms with Crippen LogP contribution in [-0.2, 0) is 0 Å². The summed E-state index contributed by atoms with van der Waals surface area (Å²) in [7, 11) is 0. The van der Waals surface area contributed by atoms with Gasteiger partial charge in [0.1, 0.15) is 10.5 Å². The average molecular weight is 354 g/mol. The van der Waals surface area contributed by atoms with Gasteiger partial charge in [-0.05, 0) is 25.1 Å². The van der Waals surface area contributed by atoms with Gasteiger partial charge in [0.05, 0.1) is 5.39 Å². The van der Waals surface area contributed by atoms with Gasteiger partial charge in [0.2, 0.25) is 0 Å². The van der Waals surface area contributed by atoms with Gasteiger partial charge in [0.25, 0.3) is 5.56 Å². The van der Waals surface area contributed by atoms with Gasteiger partial charge in [-0.15, -0.1) is 11.3 Å². The topological polar surface area (TPSA) is 58.6 Å². The lowest BCUT2D eigenvalue weighted by molar-refractivity contribution is 1.12. The summed E-state index contributed by atoms with van der Waals surface area (Å²) in [5.41, 5.74) is 2.98. The molecule has 0 aliphatic heterocycles. The summed E-state index contributed by atoms with van der Waals surface area (Å²) in [6, 6.07) is 13.1.